The molecule has 2 fully saturated rings. The Labute approximate surface area is 133 Å². The topological polar surface area (TPSA) is 40.0 Å². The highest BCUT2D eigenvalue weighted by atomic mass is 32.1. The molecule has 120 valence electrons. The Kier molecular flexibility index (Phi) is 6.23. The van der Waals surface area contributed by atoms with Crippen molar-refractivity contribution in [2.24, 2.45) is 0 Å². The fourth-order valence-electron chi connectivity index (χ4n) is 3.04. The van der Waals surface area contributed by atoms with Crippen molar-refractivity contribution in [3.05, 3.63) is 0 Å². The molecule has 1 saturated carbocycles. The summed E-state index contributed by atoms with van der Waals surface area (Å²) in [6.07, 6.45) is 6.30. The fraction of sp³-hybridized carbons (Fsp3) is 0.867. The molecule has 0 aromatic carbocycles. The molecule has 1 amide bonds. The summed E-state index contributed by atoms with van der Waals surface area (Å²) in [4.78, 5) is 17.7. The maximum absolute atomic E-state index is 12.3. The van der Waals surface area contributed by atoms with Crippen LogP contribution >= 0.6 is 12.2 Å². The lowest BCUT2D eigenvalue weighted by Crippen LogP contribution is -3.12. The van der Waals surface area contributed by atoms with E-state index in [4.69, 9.17) is 12.2 Å². The van der Waals surface area contributed by atoms with E-state index in [0.717, 1.165) is 31.3 Å². The second-order valence-electron chi connectivity index (χ2n) is 6.48. The van der Waals surface area contributed by atoms with Crippen molar-refractivity contribution in [3.8, 4) is 0 Å². The van der Waals surface area contributed by atoms with Crippen LogP contribution in [0.4, 0.5) is 0 Å². The van der Waals surface area contributed by atoms with Crippen LogP contribution in [0, 0.1) is 0 Å². The summed E-state index contributed by atoms with van der Waals surface area (Å²) in [6.45, 7) is 4.20. The second kappa shape index (κ2) is 7.94. The molecule has 21 heavy (non-hydrogen) atoms. The van der Waals surface area contributed by atoms with Crippen LogP contribution in [0.5, 0.6) is 0 Å². The van der Waals surface area contributed by atoms with Gasteiger partial charge >= 0.3 is 0 Å². The van der Waals surface area contributed by atoms with Crippen molar-refractivity contribution in [2.45, 2.75) is 38.1 Å². The van der Waals surface area contributed by atoms with E-state index in [-0.39, 0.29) is 5.91 Å². The summed E-state index contributed by atoms with van der Waals surface area (Å²) < 4.78 is 0. The molecule has 6 heteroatoms. The Hall–Kier alpha value is -0.880. The van der Waals surface area contributed by atoms with Crippen LogP contribution in [-0.2, 0) is 4.79 Å². The van der Waals surface area contributed by atoms with E-state index >= 15 is 0 Å². The zero-order valence-corrected chi connectivity index (χ0v) is 14.2. The number of carbonyl (C=O) groups is 1. The van der Waals surface area contributed by atoms with E-state index in [2.05, 4.69) is 12.4 Å². The van der Waals surface area contributed by atoms with Crippen LogP contribution in [-0.4, -0.2) is 73.7 Å². The van der Waals surface area contributed by atoms with Gasteiger partial charge in [-0.25, -0.2) is 0 Å². The molecule has 1 saturated heterocycles. The monoisotopic (exact) mass is 313 g/mol. The molecule has 5 nitrogen and oxygen atoms in total. The van der Waals surface area contributed by atoms with Crippen LogP contribution < -0.4 is 10.2 Å². The smallest absolute Gasteiger partial charge is 0.242 e. The van der Waals surface area contributed by atoms with E-state index in [1.54, 1.807) is 0 Å². The van der Waals surface area contributed by atoms with Gasteiger partial charge in [-0.05, 0) is 25.1 Å². The van der Waals surface area contributed by atoms with Crippen molar-refractivity contribution in [1.82, 2.24) is 15.1 Å². The zero-order valence-electron chi connectivity index (χ0n) is 13.4. The number of piperazine rings is 1. The molecule has 2 aliphatic rings. The summed E-state index contributed by atoms with van der Waals surface area (Å²) in [6, 6.07) is 0.496. The van der Waals surface area contributed by atoms with E-state index in [1.807, 2.05) is 16.8 Å². The molecule has 0 aromatic heterocycles. The molecule has 0 unspecified atom stereocenters. The Morgan fingerprint density at radius 1 is 1.29 bits per heavy atom. The minimum atomic E-state index is 0.192. The van der Waals surface area contributed by atoms with Gasteiger partial charge in [-0.15, -0.1) is 0 Å². The van der Waals surface area contributed by atoms with Crippen LogP contribution in [0.2, 0.25) is 0 Å². The summed E-state index contributed by atoms with van der Waals surface area (Å²) in [5, 5.41) is 4.13. The predicted molar refractivity (Wildman–Crippen MR) is 88.4 cm³/mol. The van der Waals surface area contributed by atoms with Gasteiger partial charge in [-0.2, -0.15) is 0 Å². The Morgan fingerprint density at radius 3 is 2.52 bits per heavy atom. The standard InChI is InChI=1S/C15H28N4OS/c1-17-8-10-19(11-9-17)14(20)12-18(2)15(21)16-13-6-4-3-5-7-13/h13H,3-12H2,1-2H3,(H,16,21)/p+1. The van der Waals surface area contributed by atoms with Crippen LogP contribution in [0.25, 0.3) is 0 Å². The summed E-state index contributed by atoms with van der Waals surface area (Å²) in [5.41, 5.74) is 0. The minimum Gasteiger partial charge on any atom is -0.360 e. The van der Waals surface area contributed by atoms with Gasteiger partial charge in [0.15, 0.2) is 5.11 Å². The Balaban J connectivity index is 1.73. The molecule has 2 rings (SSSR count). The Bertz CT molecular complexity index is 363. The lowest BCUT2D eigenvalue weighted by atomic mass is 9.96. The van der Waals surface area contributed by atoms with Crippen LogP contribution in [0.15, 0.2) is 0 Å². The summed E-state index contributed by atoms with van der Waals surface area (Å²) >= 11 is 5.44. The van der Waals surface area contributed by atoms with Gasteiger partial charge < -0.3 is 20.0 Å². The van der Waals surface area contributed by atoms with E-state index in [1.165, 1.54) is 37.0 Å². The van der Waals surface area contributed by atoms with E-state index in [9.17, 15) is 4.79 Å². The number of nitrogens with one attached hydrogen (secondary N) is 2. The van der Waals surface area contributed by atoms with E-state index < -0.39 is 0 Å². The maximum atomic E-state index is 12.3. The average Bonchev–Trinajstić information content (AvgIpc) is 2.48. The third-order valence-corrected chi connectivity index (χ3v) is 5.05. The van der Waals surface area contributed by atoms with Crippen LogP contribution in [0.1, 0.15) is 32.1 Å². The lowest BCUT2D eigenvalue weighted by molar-refractivity contribution is -0.883. The first-order chi connectivity index (χ1) is 10.1. The number of nitrogens with zero attached hydrogens (tertiary/aromatic N) is 2. The normalized spacial score (nSPS) is 21.1. The molecule has 0 spiro atoms. The molecule has 0 radical (unpaired) electrons. The first-order valence-corrected chi connectivity index (χ1v) is 8.58. The number of hydrogen-bond donors (Lipinski definition) is 2. The highest BCUT2D eigenvalue weighted by Crippen LogP contribution is 2.17. The summed E-state index contributed by atoms with van der Waals surface area (Å²) in [5.74, 6) is 0.192. The SMILES string of the molecule is CN(CC(=O)N1CC[NH+](C)CC1)C(=S)NC1CCCCC1. The highest BCUT2D eigenvalue weighted by Gasteiger charge is 2.23. The predicted octanol–water partition coefficient (Wildman–Crippen LogP) is -0.518. The fourth-order valence-corrected chi connectivity index (χ4v) is 3.28. The number of amides is 1. The van der Waals surface area contributed by atoms with Gasteiger partial charge in [0.05, 0.1) is 39.8 Å². The second-order valence-corrected chi connectivity index (χ2v) is 6.87. The number of likely N-dealkylation sites (N-methyl/N-ethyl adjacent to an activating group) is 2. The molecule has 0 bridgehead atoms. The molecule has 2 N–H and O–H groups in total. The van der Waals surface area contributed by atoms with Crippen LogP contribution in [0.3, 0.4) is 0 Å². The van der Waals surface area contributed by atoms with Gasteiger partial charge in [0.25, 0.3) is 0 Å². The number of thiocarbonyl (C=S) groups is 1. The molecule has 1 aliphatic carbocycles. The molecule has 0 aromatic rings. The number of hydrogen-bond acceptors (Lipinski definition) is 2. The van der Waals surface area contributed by atoms with Crippen molar-refractivity contribution in [1.29, 1.82) is 0 Å². The number of carbonyl (C=O) groups excluding carboxylic acids is 1. The average molecular weight is 313 g/mol. The highest BCUT2D eigenvalue weighted by molar-refractivity contribution is 7.80. The van der Waals surface area contributed by atoms with Crippen molar-refractivity contribution in [3.63, 3.8) is 0 Å². The quantitative estimate of drug-likeness (QED) is 0.688. The molecule has 1 heterocycles. The van der Waals surface area contributed by atoms with E-state index in [0.29, 0.717) is 12.6 Å². The molecule has 0 atom stereocenters. The van der Waals surface area contributed by atoms with Crippen molar-refractivity contribution >= 4 is 23.2 Å². The van der Waals surface area contributed by atoms with Gasteiger partial charge in [-0.3, -0.25) is 4.79 Å². The minimum absolute atomic E-state index is 0.192. The van der Waals surface area contributed by atoms with Crippen molar-refractivity contribution in [2.75, 3.05) is 46.8 Å². The van der Waals surface area contributed by atoms with Gasteiger partial charge in [0.1, 0.15) is 0 Å². The molecule has 1 aliphatic heterocycles. The first-order valence-electron chi connectivity index (χ1n) is 8.17. The van der Waals surface area contributed by atoms with Gasteiger partial charge in [0, 0.05) is 13.1 Å². The Morgan fingerprint density at radius 2 is 1.90 bits per heavy atom. The number of rotatable bonds is 3. The molecular formula is C15H29N4OS+. The van der Waals surface area contributed by atoms with Crippen molar-refractivity contribution < 1.29 is 9.69 Å². The third kappa shape index (κ3) is 5.11. The first kappa shape index (κ1) is 16.5. The zero-order chi connectivity index (χ0) is 15.2. The largest absolute Gasteiger partial charge is 0.360 e. The summed E-state index contributed by atoms with van der Waals surface area (Å²) in [7, 11) is 4.09. The number of quaternary nitrogens is 1. The molecular weight excluding hydrogens is 284 g/mol. The third-order valence-electron chi connectivity index (χ3n) is 4.62. The van der Waals surface area contributed by atoms with Gasteiger partial charge in [-0.1, -0.05) is 19.3 Å². The maximum Gasteiger partial charge on any atom is 0.242 e. The lowest BCUT2D eigenvalue weighted by Gasteiger charge is -2.32. The van der Waals surface area contributed by atoms with Gasteiger partial charge in [0.2, 0.25) is 5.91 Å².